The minimum atomic E-state index is 0.198. The molecule has 0 aliphatic heterocycles. The summed E-state index contributed by atoms with van der Waals surface area (Å²) in [4.78, 5) is 4.27. The molecule has 3 nitrogen and oxygen atoms in total. The minimum absolute atomic E-state index is 0.198. The fourth-order valence-corrected chi connectivity index (χ4v) is 2.07. The topological polar surface area (TPSA) is 34.2 Å². The Bertz CT molecular complexity index is 361. The van der Waals surface area contributed by atoms with Gasteiger partial charge < -0.3 is 10.1 Å². The molecule has 1 aromatic heterocycles. The van der Waals surface area contributed by atoms with E-state index in [2.05, 4.69) is 16.4 Å². The number of nitrogens with one attached hydrogen (secondary N) is 1. The highest BCUT2D eigenvalue weighted by atomic mass is 16.5. The first kappa shape index (κ1) is 12.4. The van der Waals surface area contributed by atoms with Crippen LogP contribution >= 0.6 is 0 Å². The Hall–Kier alpha value is -1.09. The predicted molar refractivity (Wildman–Crippen MR) is 69.1 cm³/mol. The summed E-state index contributed by atoms with van der Waals surface area (Å²) in [7, 11) is 2.02. The van der Waals surface area contributed by atoms with Crippen molar-refractivity contribution in [3.8, 4) is 5.75 Å². The summed E-state index contributed by atoms with van der Waals surface area (Å²) in [5.74, 6) is 1.77. The first-order chi connectivity index (χ1) is 8.19. The monoisotopic (exact) mass is 234 g/mol. The molecule has 0 amide bonds. The molecule has 0 spiro atoms. The molecule has 0 bridgehead atoms. The van der Waals surface area contributed by atoms with Gasteiger partial charge in [-0.2, -0.15) is 0 Å². The van der Waals surface area contributed by atoms with Crippen LogP contribution in [-0.2, 0) is 0 Å². The number of nitrogens with zero attached hydrogens (tertiary/aromatic N) is 1. The van der Waals surface area contributed by atoms with E-state index in [1.165, 1.54) is 24.8 Å². The van der Waals surface area contributed by atoms with E-state index in [1.54, 1.807) is 6.20 Å². The van der Waals surface area contributed by atoms with Crippen molar-refractivity contribution in [2.75, 3.05) is 7.05 Å². The number of rotatable bonds is 6. The third-order valence-electron chi connectivity index (χ3n) is 3.12. The highest BCUT2D eigenvalue weighted by Gasteiger charge is 2.25. The van der Waals surface area contributed by atoms with E-state index in [0.29, 0.717) is 6.04 Å². The molecule has 1 atom stereocenters. The maximum absolute atomic E-state index is 5.68. The summed E-state index contributed by atoms with van der Waals surface area (Å²) in [5.41, 5.74) is 1.23. The first-order valence-corrected chi connectivity index (χ1v) is 6.48. The lowest BCUT2D eigenvalue weighted by atomic mass is 10.0. The van der Waals surface area contributed by atoms with Crippen molar-refractivity contribution in [3.63, 3.8) is 0 Å². The zero-order valence-electron chi connectivity index (χ0n) is 10.9. The van der Waals surface area contributed by atoms with Crippen LogP contribution in [0.1, 0.15) is 44.7 Å². The Kier molecular flexibility index (Phi) is 4.00. The number of hydrogen-bond donors (Lipinski definition) is 1. The van der Waals surface area contributed by atoms with E-state index < -0.39 is 0 Å². The molecule has 3 heteroatoms. The lowest BCUT2D eigenvalue weighted by molar-refractivity contribution is 0.241. The summed E-state index contributed by atoms with van der Waals surface area (Å²) in [5, 5.41) is 3.37. The van der Waals surface area contributed by atoms with Gasteiger partial charge in [-0.25, -0.2) is 0 Å². The lowest BCUT2D eigenvalue weighted by Crippen LogP contribution is -2.17. The van der Waals surface area contributed by atoms with Crippen LogP contribution in [0.5, 0.6) is 5.75 Å². The van der Waals surface area contributed by atoms with Crippen LogP contribution in [0, 0.1) is 5.92 Å². The third-order valence-corrected chi connectivity index (χ3v) is 3.12. The van der Waals surface area contributed by atoms with Gasteiger partial charge in [0.05, 0.1) is 12.3 Å². The first-order valence-electron chi connectivity index (χ1n) is 6.48. The second kappa shape index (κ2) is 5.50. The highest BCUT2D eigenvalue weighted by Crippen LogP contribution is 2.37. The van der Waals surface area contributed by atoms with E-state index in [1.807, 2.05) is 27.1 Å². The molecule has 1 aromatic rings. The molecule has 0 aromatic carbocycles. The van der Waals surface area contributed by atoms with Gasteiger partial charge in [0.25, 0.3) is 0 Å². The van der Waals surface area contributed by atoms with Crippen molar-refractivity contribution < 1.29 is 4.74 Å². The van der Waals surface area contributed by atoms with Gasteiger partial charge in [-0.05, 0) is 44.9 Å². The van der Waals surface area contributed by atoms with Gasteiger partial charge in [-0.1, -0.05) is 12.8 Å². The van der Waals surface area contributed by atoms with Gasteiger partial charge in [0.15, 0.2) is 0 Å². The Morgan fingerprint density at radius 1 is 1.41 bits per heavy atom. The molecule has 1 unspecified atom stereocenters. The third kappa shape index (κ3) is 3.70. The van der Waals surface area contributed by atoms with Gasteiger partial charge in [0, 0.05) is 12.2 Å². The summed E-state index contributed by atoms with van der Waals surface area (Å²) in [6.45, 7) is 4.07. The maximum atomic E-state index is 5.68. The molecule has 0 radical (unpaired) electrons. The molecule has 1 N–H and O–H groups in total. The fourth-order valence-electron chi connectivity index (χ4n) is 2.07. The smallest absolute Gasteiger partial charge is 0.138 e. The lowest BCUT2D eigenvalue weighted by Gasteiger charge is -2.17. The molecule has 2 rings (SSSR count). The Labute approximate surface area is 104 Å². The average molecular weight is 234 g/mol. The van der Waals surface area contributed by atoms with E-state index >= 15 is 0 Å². The van der Waals surface area contributed by atoms with Gasteiger partial charge in [-0.15, -0.1) is 0 Å². The molecular formula is C14H22N2O. The van der Waals surface area contributed by atoms with E-state index in [4.69, 9.17) is 4.74 Å². The molecule has 1 fully saturated rings. The van der Waals surface area contributed by atoms with Gasteiger partial charge in [0.2, 0.25) is 0 Å². The molecule has 1 heterocycles. The van der Waals surface area contributed by atoms with Crippen LogP contribution in [0.4, 0.5) is 0 Å². The Morgan fingerprint density at radius 2 is 2.18 bits per heavy atom. The quantitative estimate of drug-likeness (QED) is 0.821. The summed E-state index contributed by atoms with van der Waals surface area (Å²) in [6.07, 6.45) is 7.90. The van der Waals surface area contributed by atoms with Crippen LogP contribution in [-0.4, -0.2) is 18.1 Å². The van der Waals surface area contributed by atoms with Crippen molar-refractivity contribution >= 4 is 0 Å². The van der Waals surface area contributed by atoms with Crippen LogP contribution in [0.25, 0.3) is 0 Å². The summed E-state index contributed by atoms with van der Waals surface area (Å²) < 4.78 is 5.68. The maximum Gasteiger partial charge on any atom is 0.138 e. The largest absolute Gasteiger partial charge is 0.489 e. The predicted octanol–water partition coefficient (Wildman–Crippen LogP) is 2.93. The van der Waals surface area contributed by atoms with Crippen molar-refractivity contribution in [2.45, 2.75) is 45.3 Å². The number of hydrogen-bond acceptors (Lipinski definition) is 3. The van der Waals surface area contributed by atoms with Gasteiger partial charge in [-0.3, -0.25) is 4.98 Å². The second-order valence-electron chi connectivity index (χ2n) is 5.14. The molecular weight excluding hydrogens is 212 g/mol. The van der Waals surface area contributed by atoms with Crippen molar-refractivity contribution in [2.24, 2.45) is 5.92 Å². The fraction of sp³-hybridized carbons (Fsp3) is 0.643. The van der Waals surface area contributed by atoms with Crippen molar-refractivity contribution in [1.29, 1.82) is 0 Å². The van der Waals surface area contributed by atoms with E-state index in [9.17, 15) is 0 Å². The standard InChI is InChI=1S/C14H22N2O/c1-10(2)17-13-7-12(8-16-9-13)14(15-3)6-11-4-5-11/h7-11,14-15H,4-6H2,1-3H3. The molecule has 94 valence electrons. The van der Waals surface area contributed by atoms with Gasteiger partial charge in [0.1, 0.15) is 5.75 Å². The summed E-state index contributed by atoms with van der Waals surface area (Å²) in [6, 6.07) is 2.52. The van der Waals surface area contributed by atoms with Crippen LogP contribution < -0.4 is 10.1 Å². The number of pyridine rings is 1. The van der Waals surface area contributed by atoms with E-state index in [-0.39, 0.29) is 6.10 Å². The normalized spacial score (nSPS) is 17.2. The zero-order chi connectivity index (χ0) is 12.3. The minimum Gasteiger partial charge on any atom is -0.489 e. The Morgan fingerprint density at radius 3 is 2.76 bits per heavy atom. The number of aromatic nitrogens is 1. The van der Waals surface area contributed by atoms with Gasteiger partial charge >= 0.3 is 0 Å². The van der Waals surface area contributed by atoms with Crippen molar-refractivity contribution in [3.05, 3.63) is 24.0 Å². The molecule has 0 saturated heterocycles. The van der Waals surface area contributed by atoms with Crippen molar-refractivity contribution in [1.82, 2.24) is 10.3 Å². The van der Waals surface area contributed by atoms with E-state index in [0.717, 1.165) is 11.7 Å². The molecule has 17 heavy (non-hydrogen) atoms. The zero-order valence-corrected chi connectivity index (χ0v) is 10.9. The summed E-state index contributed by atoms with van der Waals surface area (Å²) >= 11 is 0. The van der Waals surface area contributed by atoms with Crippen LogP contribution in [0.15, 0.2) is 18.5 Å². The van der Waals surface area contributed by atoms with Crippen LogP contribution in [0.2, 0.25) is 0 Å². The SMILES string of the molecule is CNC(CC1CC1)c1cncc(OC(C)C)c1. The Balaban J connectivity index is 2.06. The number of ether oxygens (including phenoxy) is 1. The molecule has 1 saturated carbocycles. The molecule has 1 aliphatic rings. The molecule has 1 aliphatic carbocycles. The highest BCUT2D eigenvalue weighted by molar-refractivity contribution is 5.26. The van der Waals surface area contributed by atoms with Crippen LogP contribution in [0.3, 0.4) is 0 Å². The average Bonchev–Trinajstić information content (AvgIpc) is 3.09. The second-order valence-corrected chi connectivity index (χ2v) is 5.14.